The Hall–Kier alpha value is -0.760. The van der Waals surface area contributed by atoms with Gasteiger partial charge in [-0.2, -0.15) is 0 Å². The molecule has 2 atom stereocenters. The van der Waals surface area contributed by atoms with Crippen molar-refractivity contribution in [3.05, 3.63) is 25.0 Å². The number of ether oxygens (including phenoxy) is 1. The van der Waals surface area contributed by atoms with Crippen LogP contribution in [0.1, 0.15) is 6.42 Å². The molecule has 1 N–H and O–H groups in total. The van der Waals surface area contributed by atoms with Crippen LogP contribution in [0.2, 0.25) is 0 Å². The highest BCUT2D eigenvalue weighted by Crippen LogP contribution is 2.21. The van der Waals surface area contributed by atoms with Crippen LogP contribution in [0.4, 0.5) is 0 Å². The SMILES string of the molecule is C=C[C@H](CO)[C@H]1C=COCC1. The summed E-state index contributed by atoms with van der Waals surface area (Å²) >= 11 is 0. The topological polar surface area (TPSA) is 29.5 Å². The highest BCUT2D eigenvalue weighted by atomic mass is 16.5. The lowest BCUT2D eigenvalue weighted by molar-refractivity contribution is 0.164. The molecule has 0 unspecified atom stereocenters. The molecule has 1 aliphatic rings. The molecule has 0 saturated heterocycles. The summed E-state index contributed by atoms with van der Waals surface area (Å²) < 4.78 is 5.04. The smallest absolute Gasteiger partial charge is 0.0879 e. The van der Waals surface area contributed by atoms with Crippen molar-refractivity contribution in [2.75, 3.05) is 13.2 Å². The number of hydrogen-bond acceptors (Lipinski definition) is 2. The second-order valence-corrected chi connectivity index (χ2v) is 2.73. The van der Waals surface area contributed by atoms with Gasteiger partial charge in [0.05, 0.1) is 12.9 Å². The van der Waals surface area contributed by atoms with Crippen LogP contribution < -0.4 is 0 Å². The second kappa shape index (κ2) is 4.19. The minimum absolute atomic E-state index is 0.179. The normalized spacial score (nSPS) is 25.7. The maximum Gasteiger partial charge on any atom is 0.0879 e. The predicted molar refractivity (Wildman–Crippen MR) is 44.0 cm³/mol. The summed E-state index contributed by atoms with van der Waals surface area (Å²) in [6.45, 7) is 4.61. The van der Waals surface area contributed by atoms with Gasteiger partial charge in [0.1, 0.15) is 0 Å². The van der Waals surface area contributed by atoms with Crippen molar-refractivity contribution >= 4 is 0 Å². The maximum atomic E-state index is 8.93. The molecule has 0 spiro atoms. The van der Waals surface area contributed by atoms with Crippen LogP contribution in [0.15, 0.2) is 25.0 Å². The maximum absolute atomic E-state index is 8.93. The molecule has 0 radical (unpaired) electrons. The Morgan fingerprint density at radius 2 is 2.64 bits per heavy atom. The molecule has 1 aliphatic heterocycles. The fourth-order valence-corrected chi connectivity index (χ4v) is 1.27. The first-order valence-electron chi connectivity index (χ1n) is 3.90. The summed E-state index contributed by atoms with van der Waals surface area (Å²) in [5.74, 6) is 0.599. The molecule has 0 fully saturated rings. The average molecular weight is 154 g/mol. The van der Waals surface area contributed by atoms with Crippen LogP contribution in [-0.2, 0) is 4.74 Å². The van der Waals surface area contributed by atoms with E-state index in [0.717, 1.165) is 13.0 Å². The monoisotopic (exact) mass is 154 g/mol. The van der Waals surface area contributed by atoms with Crippen molar-refractivity contribution in [1.29, 1.82) is 0 Å². The van der Waals surface area contributed by atoms with Gasteiger partial charge < -0.3 is 9.84 Å². The lowest BCUT2D eigenvalue weighted by atomic mass is 9.90. The molecule has 0 aromatic heterocycles. The molecule has 0 aromatic carbocycles. The minimum atomic E-state index is 0.179. The van der Waals surface area contributed by atoms with E-state index in [4.69, 9.17) is 9.84 Å². The Kier molecular flexibility index (Phi) is 3.17. The number of aliphatic hydroxyl groups excluding tert-OH is 1. The number of aliphatic hydroxyl groups is 1. The molecule has 0 saturated carbocycles. The second-order valence-electron chi connectivity index (χ2n) is 2.73. The molecule has 11 heavy (non-hydrogen) atoms. The first-order valence-corrected chi connectivity index (χ1v) is 3.90. The van der Waals surface area contributed by atoms with Crippen LogP contribution >= 0.6 is 0 Å². The Morgan fingerprint density at radius 3 is 3.09 bits per heavy atom. The molecule has 0 aromatic rings. The molecule has 0 aliphatic carbocycles. The standard InChI is InChI=1S/C9H14O2/c1-2-8(7-10)9-3-5-11-6-4-9/h2-3,5,8-10H,1,4,6-7H2/t8-,9+/m1/s1. The molecule has 62 valence electrons. The van der Waals surface area contributed by atoms with Gasteiger partial charge >= 0.3 is 0 Å². The fourth-order valence-electron chi connectivity index (χ4n) is 1.27. The van der Waals surface area contributed by atoms with Crippen LogP contribution in [0.5, 0.6) is 0 Å². The fraction of sp³-hybridized carbons (Fsp3) is 0.556. The van der Waals surface area contributed by atoms with Gasteiger partial charge in [0, 0.05) is 12.5 Å². The van der Waals surface area contributed by atoms with Crippen LogP contribution in [0.25, 0.3) is 0 Å². The highest BCUT2D eigenvalue weighted by Gasteiger charge is 2.17. The van der Waals surface area contributed by atoms with Crippen molar-refractivity contribution in [2.24, 2.45) is 11.8 Å². The van der Waals surface area contributed by atoms with Gasteiger partial charge in [-0.25, -0.2) is 0 Å². The summed E-state index contributed by atoms with van der Waals surface area (Å²) in [5.41, 5.74) is 0. The highest BCUT2D eigenvalue weighted by molar-refractivity contribution is 4.96. The summed E-state index contributed by atoms with van der Waals surface area (Å²) in [5, 5.41) is 8.93. The Morgan fingerprint density at radius 1 is 1.82 bits per heavy atom. The summed E-state index contributed by atoms with van der Waals surface area (Å²) in [7, 11) is 0. The minimum Gasteiger partial charge on any atom is -0.501 e. The van der Waals surface area contributed by atoms with E-state index in [2.05, 4.69) is 6.58 Å². The third-order valence-electron chi connectivity index (χ3n) is 2.05. The average Bonchev–Trinajstić information content (AvgIpc) is 2.09. The quantitative estimate of drug-likeness (QED) is 0.621. The van der Waals surface area contributed by atoms with Crippen molar-refractivity contribution in [2.45, 2.75) is 6.42 Å². The number of allylic oxidation sites excluding steroid dienone is 1. The zero-order valence-corrected chi connectivity index (χ0v) is 6.57. The molecule has 0 amide bonds. The largest absolute Gasteiger partial charge is 0.501 e. The number of rotatable bonds is 3. The van der Waals surface area contributed by atoms with E-state index in [9.17, 15) is 0 Å². The Labute approximate surface area is 67.2 Å². The molecular formula is C9H14O2. The third-order valence-corrected chi connectivity index (χ3v) is 2.05. The molecular weight excluding hydrogens is 140 g/mol. The van der Waals surface area contributed by atoms with Crippen LogP contribution in [0.3, 0.4) is 0 Å². The van der Waals surface area contributed by atoms with E-state index in [1.807, 2.05) is 6.08 Å². The van der Waals surface area contributed by atoms with Gasteiger partial charge in [0.2, 0.25) is 0 Å². The van der Waals surface area contributed by atoms with E-state index in [-0.39, 0.29) is 12.5 Å². The lowest BCUT2D eigenvalue weighted by Crippen LogP contribution is -2.18. The lowest BCUT2D eigenvalue weighted by Gasteiger charge is -2.22. The third kappa shape index (κ3) is 2.09. The van der Waals surface area contributed by atoms with Crippen LogP contribution in [-0.4, -0.2) is 18.3 Å². The molecule has 2 heteroatoms. The summed E-state index contributed by atoms with van der Waals surface area (Å²) in [4.78, 5) is 0. The van der Waals surface area contributed by atoms with E-state index in [1.165, 1.54) is 0 Å². The first-order chi connectivity index (χ1) is 5.38. The van der Waals surface area contributed by atoms with E-state index in [0.29, 0.717) is 5.92 Å². The van der Waals surface area contributed by atoms with Crippen molar-refractivity contribution < 1.29 is 9.84 Å². The van der Waals surface area contributed by atoms with Crippen molar-refractivity contribution in [3.63, 3.8) is 0 Å². The zero-order chi connectivity index (χ0) is 8.10. The van der Waals surface area contributed by atoms with Gasteiger partial charge in [-0.3, -0.25) is 0 Å². The van der Waals surface area contributed by atoms with Crippen molar-refractivity contribution in [3.8, 4) is 0 Å². The molecule has 1 rings (SSSR count). The predicted octanol–water partition coefficient (Wildman–Crippen LogP) is 1.33. The van der Waals surface area contributed by atoms with Gasteiger partial charge in [0.25, 0.3) is 0 Å². The van der Waals surface area contributed by atoms with E-state index < -0.39 is 0 Å². The Balaban J connectivity index is 2.49. The van der Waals surface area contributed by atoms with Crippen molar-refractivity contribution in [1.82, 2.24) is 0 Å². The molecule has 1 heterocycles. The molecule has 0 bridgehead atoms. The zero-order valence-electron chi connectivity index (χ0n) is 6.57. The van der Waals surface area contributed by atoms with Crippen LogP contribution in [0, 0.1) is 11.8 Å². The van der Waals surface area contributed by atoms with E-state index >= 15 is 0 Å². The van der Waals surface area contributed by atoms with Gasteiger partial charge in [0.15, 0.2) is 0 Å². The number of hydrogen-bond donors (Lipinski definition) is 1. The van der Waals surface area contributed by atoms with Gasteiger partial charge in [-0.1, -0.05) is 6.08 Å². The first kappa shape index (κ1) is 8.34. The van der Waals surface area contributed by atoms with Gasteiger partial charge in [-0.05, 0) is 18.4 Å². The van der Waals surface area contributed by atoms with Gasteiger partial charge in [-0.15, -0.1) is 6.58 Å². The van der Waals surface area contributed by atoms with E-state index in [1.54, 1.807) is 12.3 Å². The Bertz CT molecular complexity index is 152. The summed E-state index contributed by atoms with van der Waals surface area (Å²) in [6, 6.07) is 0. The summed E-state index contributed by atoms with van der Waals surface area (Å²) in [6.07, 6.45) is 6.49. The molecule has 2 nitrogen and oxygen atoms in total.